The van der Waals surface area contributed by atoms with Gasteiger partial charge in [0.1, 0.15) is 29.8 Å². The minimum absolute atomic E-state index is 0.113. The van der Waals surface area contributed by atoms with Crippen LogP contribution in [-0.2, 0) is 11.3 Å². The van der Waals surface area contributed by atoms with Gasteiger partial charge >= 0.3 is 0 Å². The van der Waals surface area contributed by atoms with Crippen molar-refractivity contribution in [3.63, 3.8) is 0 Å². The molecule has 134 valence electrons. The van der Waals surface area contributed by atoms with Crippen molar-refractivity contribution < 1.29 is 19.7 Å². The van der Waals surface area contributed by atoms with E-state index in [1.54, 1.807) is 0 Å². The first-order valence-corrected chi connectivity index (χ1v) is 8.08. The smallest absolute Gasteiger partial charge is 0.181 e. The maximum Gasteiger partial charge on any atom is 0.181 e. The van der Waals surface area contributed by atoms with Crippen LogP contribution in [0.4, 0.5) is 5.82 Å². The fourth-order valence-corrected chi connectivity index (χ4v) is 2.93. The van der Waals surface area contributed by atoms with Gasteiger partial charge in [-0.05, 0) is 5.56 Å². The summed E-state index contributed by atoms with van der Waals surface area (Å²) in [5.74, 6) is -0.160. The lowest BCUT2D eigenvalue weighted by atomic mass is 10.1. The Balaban J connectivity index is 1.64. The molecule has 2 heterocycles. The van der Waals surface area contributed by atoms with Crippen LogP contribution in [-0.4, -0.2) is 50.4 Å². The fraction of sp³-hybridized carbons (Fsp3) is 0.412. The number of aliphatic hydroxyl groups is 2. The second kappa shape index (κ2) is 7.32. The molecule has 1 aromatic carbocycles. The van der Waals surface area contributed by atoms with E-state index >= 15 is 0 Å². The van der Waals surface area contributed by atoms with E-state index in [-0.39, 0.29) is 17.3 Å². The second-order valence-corrected chi connectivity index (χ2v) is 6.10. The lowest BCUT2D eigenvalue weighted by Crippen LogP contribution is -2.37. The van der Waals surface area contributed by atoms with E-state index in [9.17, 15) is 15.0 Å². The zero-order chi connectivity index (χ0) is 18.0. The van der Waals surface area contributed by atoms with Crippen LogP contribution in [0.1, 0.15) is 29.2 Å². The molecule has 0 radical (unpaired) electrons. The Bertz CT molecular complexity index is 734. The molecular weight excluding hydrogens is 324 g/mol. The average molecular weight is 346 g/mol. The first-order valence-electron chi connectivity index (χ1n) is 8.08. The number of benzene rings is 1. The lowest BCUT2D eigenvalue weighted by molar-refractivity contribution is -0.0351. The van der Waals surface area contributed by atoms with E-state index < -0.39 is 24.5 Å². The molecule has 1 aliphatic rings. The van der Waals surface area contributed by atoms with Gasteiger partial charge in [0.2, 0.25) is 0 Å². The van der Waals surface area contributed by atoms with Gasteiger partial charge in [-0.3, -0.25) is 9.36 Å². The van der Waals surface area contributed by atoms with Gasteiger partial charge in [-0.1, -0.05) is 30.3 Å². The van der Waals surface area contributed by atoms with E-state index in [1.165, 1.54) is 17.8 Å². The molecule has 0 amide bonds. The molecule has 4 atom stereocenters. The molecule has 25 heavy (non-hydrogen) atoms. The number of nitrogens with two attached hydrogens (primary N) is 1. The third kappa shape index (κ3) is 3.57. The van der Waals surface area contributed by atoms with Gasteiger partial charge in [-0.15, -0.1) is 0 Å². The highest BCUT2D eigenvalue weighted by Gasteiger charge is 2.44. The largest absolute Gasteiger partial charge is 0.387 e. The van der Waals surface area contributed by atoms with Crippen molar-refractivity contribution in [2.45, 2.75) is 38.0 Å². The zero-order valence-corrected chi connectivity index (χ0v) is 13.9. The predicted molar refractivity (Wildman–Crippen MR) is 90.7 cm³/mol. The summed E-state index contributed by atoms with van der Waals surface area (Å²) in [4.78, 5) is 15.4. The minimum atomic E-state index is -1.17. The Hall–Kier alpha value is -2.26. The highest BCUT2D eigenvalue weighted by atomic mass is 16.6. The first kappa shape index (κ1) is 17.6. The number of carbonyl (C=O) groups excluding carboxylic acids is 1. The molecule has 3 rings (SSSR count). The topological polar surface area (TPSA) is 123 Å². The molecular formula is C17H22N4O4. The number of aromatic nitrogens is 2. The monoisotopic (exact) mass is 346 g/mol. The van der Waals surface area contributed by atoms with Crippen molar-refractivity contribution in [1.82, 2.24) is 14.9 Å². The molecule has 1 saturated heterocycles. The Labute approximate surface area is 145 Å². The van der Waals surface area contributed by atoms with Crippen LogP contribution in [0.15, 0.2) is 36.7 Å². The Morgan fingerprint density at radius 2 is 2.04 bits per heavy atom. The number of ketones is 1. The van der Waals surface area contributed by atoms with Crippen LogP contribution in [0, 0.1) is 0 Å². The summed E-state index contributed by atoms with van der Waals surface area (Å²) in [5, 5.41) is 23.7. The number of nitrogens with zero attached hydrogens (tertiary/aromatic N) is 2. The van der Waals surface area contributed by atoms with E-state index in [4.69, 9.17) is 10.5 Å². The normalized spacial score (nSPS) is 26.0. The van der Waals surface area contributed by atoms with Gasteiger partial charge in [-0.2, -0.15) is 0 Å². The Morgan fingerprint density at radius 1 is 1.32 bits per heavy atom. The number of rotatable bonds is 6. The van der Waals surface area contributed by atoms with Crippen LogP contribution in [0.25, 0.3) is 0 Å². The van der Waals surface area contributed by atoms with Crippen molar-refractivity contribution in [2.24, 2.45) is 0 Å². The number of Topliss-reactive ketones (excluding diaryl/α,β-unsaturated/α-hetero) is 1. The van der Waals surface area contributed by atoms with Crippen LogP contribution < -0.4 is 11.1 Å². The van der Waals surface area contributed by atoms with Crippen LogP contribution in [0.3, 0.4) is 0 Å². The lowest BCUT2D eigenvalue weighted by Gasteiger charge is -2.17. The molecule has 0 unspecified atom stereocenters. The third-order valence-corrected chi connectivity index (χ3v) is 4.29. The summed E-state index contributed by atoms with van der Waals surface area (Å²) in [6.07, 6.45) is -2.40. The van der Waals surface area contributed by atoms with E-state index in [0.29, 0.717) is 13.1 Å². The van der Waals surface area contributed by atoms with Gasteiger partial charge in [0, 0.05) is 20.0 Å². The van der Waals surface area contributed by atoms with Crippen LogP contribution in [0.2, 0.25) is 0 Å². The summed E-state index contributed by atoms with van der Waals surface area (Å²) in [6.45, 7) is 2.34. The van der Waals surface area contributed by atoms with Crippen LogP contribution >= 0.6 is 0 Å². The standard InChI is InChI=1S/C17H22N4O4/c1-10(22)13-16(18)21(9-20-13)17-15(24)14(23)12(25-17)8-19-7-11-5-3-2-4-6-11/h2-6,9,12,14-15,17,19,23-24H,7-8,18H2,1H3/t12-,14-,15-,17-/m1/s1. The maximum atomic E-state index is 11.5. The van der Waals surface area contributed by atoms with E-state index in [2.05, 4.69) is 10.3 Å². The number of nitrogens with one attached hydrogen (secondary N) is 1. The van der Waals surface area contributed by atoms with Gasteiger partial charge in [0.05, 0.1) is 6.33 Å². The molecule has 0 aliphatic carbocycles. The summed E-state index contributed by atoms with van der Waals surface area (Å²) in [6, 6.07) is 9.83. The molecule has 5 N–H and O–H groups in total. The summed E-state index contributed by atoms with van der Waals surface area (Å²) >= 11 is 0. The third-order valence-electron chi connectivity index (χ3n) is 4.29. The number of imidazole rings is 1. The zero-order valence-electron chi connectivity index (χ0n) is 13.9. The number of hydrogen-bond acceptors (Lipinski definition) is 7. The van der Waals surface area contributed by atoms with Gasteiger partial charge in [0.15, 0.2) is 12.0 Å². The Morgan fingerprint density at radius 3 is 2.68 bits per heavy atom. The van der Waals surface area contributed by atoms with E-state index in [1.807, 2.05) is 30.3 Å². The summed E-state index contributed by atoms with van der Waals surface area (Å²) in [7, 11) is 0. The van der Waals surface area contributed by atoms with Crippen molar-refractivity contribution in [1.29, 1.82) is 0 Å². The highest BCUT2D eigenvalue weighted by Crippen LogP contribution is 2.31. The van der Waals surface area contributed by atoms with Crippen LogP contribution in [0.5, 0.6) is 0 Å². The van der Waals surface area contributed by atoms with Gasteiger partial charge in [0.25, 0.3) is 0 Å². The van der Waals surface area contributed by atoms with E-state index in [0.717, 1.165) is 5.56 Å². The number of nitrogen functional groups attached to an aromatic ring is 1. The van der Waals surface area contributed by atoms with Gasteiger partial charge in [-0.25, -0.2) is 4.98 Å². The summed E-state index contributed by atoms with van der Waals surface area (Å²) < 4.78 is 7.13. The van der Waals surface area contributed by atoms with Crippen molar-refractivity contribution in [3.05, 3.63) is 47.9 Å². The molecule has 0 bridgehead atoms. The van der Waals surface area contributed by atoms with Gasteiger partial charge < -0.3 is 26.0 Å². The number of aliphatic hydroxyl groups excluding tert-OH is 2. The molecule has 1 aliphatic heterocycles. The second-order valence-electron chi connectivity index (χ2n) is 6.10. The molecule has 8 nitrogen and oxygen atoms in total. The predicted octanol–water partition coefficient (Wildman–Crippen LogP) is 0.0769. The number of anilines is 1. The quantitative estimate of drug-likeness (QED) is 0.546. The number of carbonyl (C=O) groups is 1. The SMILES string of the molecule is CC(=O)c1ncn([C@@H]2O[C@H](CNCc3ccccc3)[C@@H](O)[C@H]2O)c1N. The molecule has 1 aromatic heterocycles. The number of hydrogen-bond donors (Lipinski definition) is 4. The Kier molecular flexibility index (Phi) is 5.14. The first-order chi connectivity index (χ1) is 12.0. The molecule has 2 aromatic rings. The summed E-state index contributed by atoms with van der Waals surface area (Å²) in [5.41, 5.74) is 7.13. The minimum Gasteiger partial charge on any atom is -0.387 e. The fourth-order valence-electron chi connectivity index (χ4n) is 2.93. The van der Waals surface area contributed by atoms with Crippen molar-refractivity contribution >= 4 is 11.6 Å². The average Bonchev–Trinajstić information content (AvgIpc) is 3.11. The van der Waals surface area contributed by atoms with Crippen molar-refractivity contribution in [3.8, 4) is 0 Å². The molecule has 8 heteroatoms. The van der Waals surface area contributed by atoms with Crippen molar-refractivity contribution in [2.75, 3.05) is 12.3 Å². The number of ether oxygens (including phenoxy) is 1. The molecule has 0 spiro atoms. The molecule has 1 fully saturated rings. The maximum absolute atomic E-state index is 11.5. The highest BCUT2D eigenvalue weighted by molar-refractivity contribution is 5.96. The molecule has 0 saturated carbocycles.